The van der Waals surface area contributed by atoms with Gasteiger partial charge in [0.2, 0.25) is 0 Å². The lowest BCUT2D eigenvalue weighted by Gasteiger charge is -2.19. The molecule has 2 rings (SSSR count). The van der Waals surface area contributed by atoms with Gasteiger partial charge >= 0.3 is 6.98 Å². The van der Waals surface area contributed by atoms with Crippen molar-refractivity contribution in [3.05, 3.63) is 28.8 Å². The van der Waals surface area contributed by atoms with Crippen molar-refractivity contribution < 1.29 is 12.9 Å². The standard InChI is InChI=1S/C9H8BClF3/c11-7-3-4-8(6-1-2-6)9(5-7)10(12,13)14/h3-6H,1-2H2/q-1. The fraction of sp³-hybridized carbons (Fsp3) is 0.333. The van der Waals surface area contributed by atoms with Crippen LogP contribution in [0.15, 0.2) is 18.2 Å². The van der Waals surface area contributed by atoms with Gasteiger partial charge in [-0.15, -0.1) is 5.46 Å². The lowest BCUT2D eigenvalue weighted by atomic mass is 9.76. The van der Waals surface area contributed by atoms with Gasteiger partial charge in [-0.2, -0.15) is 0 Å². The lowest BCUT2D eigenvalue weighted by molar-refractivity contribution is 0.500. The van der Waals surface area contributed by atoms with E-state index in [4.69, 9.17) is 11.6 Å². The maximum absolute atomic E-state index is 12.6. The summed E-state index contributed by atoms with van der Waals surface area (Å²) in [6, 6.07) is 4.07. The molecule has 1 fully saturated rings. The molecular formula is C9H8BClF3-. The van der Waals surface area contributed by atoms with Gasteiger partial charge in [0, 0.05) is 5.02 Å². The summed E-state index contributed by atoms with van der Waals surface area (Å²) in [4.78, 5) is 0. The van der Waals surface area contributed by atoms with Crippen molar-refractivity contribution in [2.24, 2.45) is 0 Å². The summed E-state index contributed by atoms with van der Waals surface area (Å²) in [5, 5.41) is 0.156. The van der Waals surface area contributed by atoms with E-state index in [1.807, 2.05) is 0 Å². The second-order valence-electron chi connectivity index (χ2n) is 3.62. The smallest absolute Gasteiger partial charge is 0.445 e. The highest BCUT2D eigenvalue weighted by Crippen LogP contribution is 2.40. The average molecular weight is 219 g/mol. The Hall–Kier alpha value is -0.635. The molecule has 5 heteroatoms. The second-order valence-corrected chi connectivity index (χ2v) is 4.06. The summed E-state index contributed by atoms with van der Waals surface area (Å²) in [5.41, 5.74) is -0.0955. The summed E-state index contributed by atoms with van der Waals surface area (Å²) in [6.45, 7) is -4.93. The minimum Gasteiger partial charge on any atom is -0.445 e. The van der Waals surface area contributed by atoms with Crippen molar-refractivity contribution in [2.45, 2.75) is 18.8 Å². The Morgan fingerprint density at radius 1 is 1.21 bits per heavy atom. The van der Waals surface area contributed by atoms with E-state index in [2.05, 4.69) is 0 Å². The predicted molar refractivity (Wildman–Crippen MR) is 52.1 cm³/mol. The molecule has 0 heterocycles. The molecule has 14 heavy (non-hydrogen) atoms. The molecule has 0 radical (unpaired) electrons. The van der Waals surface area contributed by atoms with Crippen LogP contribution in [0.1, 0.15) is 24.3 Å². The van der Waals surface area contributed by atoms with E-state index >= 15 is 0 Å². The molecule has 0 aromatic heterocycles. The first-order valence-corrected chi connectivity index (χ1v) is 4.85. The molecular weight excluding hydrogens is 211 g/mol. The summed E-state index contributed by atoms with van der Waals surface area (Å²) in [6.07, 6.45) is 1.72. The first-order valence-electron chi connectivity index (χ1n) is 4.48. The number of benzene rings is 1. The fourth-order valence-corrected chi connectivity index (χ4v) is 1.78. The molecule has 1 aromatic carbocycles. The zero-order valence-electron chi connectivity index (χ0n) is 7.31. The topological polar surface area (TPSA) is 0 Å². The van der Waals surface area contributed by atoms with Crippen LogP contribution in [0, 0.1) is 0 Å². The molecule has 1 aliphatic rings. The molecule has 0 nitrogen and oxygen atoms in total. The molecule has 0 bridgehead atoms. The Kier molecular flexibility index (Phi) is 2.26. The monoisotopic (exact) mass is 219 g/mol. The van der Waals surface area contributed by atoms with E-state index in [1.165, 1.54) is 12.1 Å². The third-order valence-corrected chi connectivity index (χ3v) is 2.65. The van der Waals surface area contributed by atoms with Crippen LogP contribution in [0.2, 0.25) is 5.02 Å². The highest BCUT2D eigenvalue weighted by Gasteiger charge is 2.34. The third kappa shape index (κ3) is 1.90. The molecule has 0 unspecified atom stereocenters. The fourth-order valence-electron chi connectivity index (χ4n) is 1.60. The van der Waals surface area contributed by atoms with Crippen LogP contribution in [-0.4, -0.2) is 6.98 Å². The van der Waals surface area contributed by atoms with Gasteiger partial charge in [-0.3, -0.25) is 0 Å². The van der Waals surface area contributed by atoms with Gasteiger partial charge in [0.25, 0.3) is 0 Å². The molecule has 0 atom stereocenters. The summed E-state index contributed by atoms with van der Waals surface area (Å²) >= 11 is 5.56. The van der Waals surface area contributed by atoms with Crippen molar-refractivity contribution in [3.63, 3.8) is 0 Å². The SMILES string of the molecule is F[B-](F)(F)c1cc(Cl)ccc1C1CC1. The normalized spacial score (nSPS) is 17.1. The van der Waals surface area contributed by atoms with Crippen LogP contribution in [0.5, 0.6) is 0 Å². The van der Waals surface area contributed by atoms with Crippen molar-refractivity contribution >= 4 is 24.0 Å². The van der Waals surface area contributed by atoms with Crippen molar-refractivity contribution in [1.82, 2.24) is 0 Å². The van der Waals surface area contributed by atoms with E-state index in [0.29, 0.717) is 5.56 Å². The van der Waals surface area contributed by atoms with Crippen LogP contribution in [0.4, 0.5) is 12.9 Å². The molecule has 0 aliphatic heterocycles. The van der Waals surface area contributed by atoms with E-state index in [0.717, 1.165) is 18.9 Å². The van der Waals surface area contributed by atoms with Gasteiger partial charge in [-0.1, -0.05) is 29.3 Å². The van der Waals surface area contributed by atoms with Crippen LogP contribution in [-0.2, 0) is 0 Å². The Balaban J connectivity index is 2.48. The van der Waals surface area contributed by atoms with Crippen LogP contribution in [0.3, 0.4) is 0 Å². The maximum Gasteiger partial charge on any atom is 0.509 e. The largest absolute Gasteiger partial charge is 0.509 e. The van der Waals surface area contributed by atoms with Crippen LogP contribution < -0.4 is 5.46 Å². The van der Waals surface area contributed by atoms with E-state index in [-0.39, 0.29) is 10.9 Å². The van der Waals surface area contributed by atoms with E-state index < -0.39 is 12.4 Å². The second kappa shape index (κ2) is 3.19. The summed E-state index contributed by atoms with van der Waals surface area (Å²) < 4.78 is 37.9. The molecule has 0 N–H and O–H groups in total. The molecule has 1 aromatic rings. The highest BCUT2D eigenvalue weighted by molar-refractivity contribution is 6.74. The van der Waals surface area contributed by atoms with Gasteiger partial charge in [-0.05, 0) is 24.8 Å². The van der Waals surface area contributed by atoms with Crippen molar-refractivity contribution in [3.8, 4) is 0 Å². The van der Waals surface area contributed by atoms with Gasteiger partial charge < -0.3 is 12.9 Å². The van der Waals surface area contributed by atoms with Gasteiger partial charge in [0.1, 0.15) is 0 Å². The number of hydrogen-bond donors (Lipinski definition) is 0. The molecule has 0 spiro atoms. The zero-order chi connectivity index (χ0) is 10.3. The Morgan fingerprint density at radius 2 is 1.86 bits per heavy atom. The highest BCUT2D eigenvalue weighted by atomic mass is 35.5. The molecule has 0 saturated heterocycles. The lowest BCUT2D eigenvalue weighted by Crippen LogP contribution is -2.36. The van der Waals surface area contributed by atoms with Gasteiger partial charge in [-0.25, -0.2) is 0 Å². The predicted octanol–water partition coefficient (Wildman–Crippen LogP) is 3.27. The van der Waals surface area contributed by atoms with Crippen LogP contribution >= 0.6 is 11.6 Å². The minimum atomic E-state index is -4.93. The quantitative estimate of drug-likeness (QED) is 0.670. The van der Waals surface area contributed by atoms with Crippen molar-refractivity contribution in [2.75, 3.05) is 0 Å². The van der Waals surface area contributed by atoms with Crippen LogP contribution in [0.25, 0.3) is 0 Å². The van der Waals surface area contributed by atoms with Gasteiger partial charge in [0.15, 0.2) is 0 Å². The summed E-state index contributed by atoms with van der Waals surface area (Å²) in [7, 11) is 0. The molecule has 1 aliphatic carbocycles. The maximum atomic E-state index is 12.6. The number of halogens is 4. The zero-order valence-corrected chi connectivity index (χ0v) is 8.07. The minimum absolute atomic E-state index is 0.103. The van der Waals surface area contributed by atoms with E-state index in [9.17, 15) is 12.9 Å². The Morgan fingerprint density at radius 3 is 2.36 bits per heavy atom. The first kappa shape index (κ1) is 9.90. The molecule has 0 amide bonds. The Bertz CT molecular complexity index is 358. The number of hydrogen-bond acceptors (Lipinski definition) is 0. The average Bonchev–Trinajstić information content (AvgIpc) is 2.85. The summed E-state index contributed by atoms with van der Waals surface area (Å²) in [5.74, 6) is 0.103. The number of rotatable bonds is 2. The molecule has 76 valence electrons. The first-order chi connectivity index (χ1) is 6.48. The van der Waals surface area contributed by atoms with E-state index in [1.54, 1.807) is 0 Å². The third-order valence-electron chi connectivity index (χ3n) is 2.42. The Labute approximate surface area is 85.1 Å². The van der Waals surface area contributed by atoms with Gasteiger partial charge in [0.05, 0.1) is 0 Å². The van der Waals surface area contributed by atoms with Crippen molar-refractivity contribution in [1.29, 1.82) is 0 Å². The molecule has 1 saturated carbocycles.